The minimum atomic E-state index is -4.40. The topological polar surface area (TPSA) is 110 Å². The first-order valence-corrected chi connectivity index (χ1v) is 13.2. The Bertz CT molecular complexity index is 1260. The Balaban J connectivity index is 1.93. The highest BCUT2D eigenvalue weighted by Crippen LogP contribution is 2.27. The molecule has 8 nitrogen and oxygen atoms in total. The highest BCUT2D eigenvalue weighted by atomic mass is 32.3. The van der Waals surface area contributed by atoms with Gasteiger partial charge in [0, 0.05) is 5.69 Å². The van der Waals surface area contributed by atoms with Crippen molar-refractivity contribution in [1.29, 1.82) is 0 Å². The van der Waals surface area contributed by atoms with E-state index in [0.717, 1.165) is 0 Å². The minimum Gasteiger partial charge on any atom is -0.444 e. The van der Waals surface area contributed by atoms with E-state index in [2.05, 4.69) is 5.32 Å². The van der Waals surface area contributed by atoms with E-state index in [0.29, 0.717) is 15.0 Å². The van der Waals surface area contributed by atoms with Crippen molar-refractivity contribution < 1.29 is 26.4 Å². The highest BCUT2D eigenvalue weighted by molar-refractivity contribution is 8.04. The molecule has 0 spiro atoms. The average Bonchev–Trinajstić information content (AvgIpc) is 2.78. The molecular weight excluding hydrogens is 476 g/mol. The number of rotatable bonds is 7. The van der Waals surface area contributed by atoms with Crippen molar-refractivity contribution >= 4 is 31.8 Å². The van der Waals surface area contributed by atoms with Crippen LogP contribution in [0.25, 0.3) is 0 Å². The number of ether oxygens (including phenoxy) is 1. The summed E-state index contributed by atoms with van der Waals surface area (Å²) < 4.78 is 59.2. The second-order valence-corrected chi connectivity index (χ2v) is 12.3. The number of amides is 1. The van der Waals surface area contributed by atoms with Crippen LogP contribution in [0, 0.1) is 0 Å². The van der Waals surface area contributed by atoms with Gasteiger partial charge in [-0.25, -0.2) is 21.6 Å². The van der Waals surface area contributed by atoms with Crippen molar-refractivity contribution in [1.82, 2.24) is 3.71 Å². The van der Waals surface area contributed by atoms with Gasteiger partial charge in [0.05, 0.1) is 16.3 Å². The van der Waals surface area contributed by atoms with Crippen LogP contribution in [0.4, 0.5) is 10.5 Å². The molecule has 34 heavy (non-hydrogen) atoms. The summed E-state index contributed by atoms with van der Waals surface area (Å²) in [6, 6.07) is 20.9. The Morgan fingerprint density at radius 2 is 1.21 bits per heavy atom. The molecule has 3 rings (SSSR count). The third kappa shape index (κ3) is 6.22. The number of carbonyl (C=O) groups excluding carboxylic acids is 1. The van der Waals surface area contributed by atoms with Gasteiger partial charge in [-0.2, -0.15) is 0 Å². The van der Waals surface area contributed by atoms with Crippen molar-refractivity contribution in [2.24, 2.45) is 0 Å². The molecule has 0 bridgehead atoms. The van der Waals surface area contributed by atoms with Gasteiger partial charge in [0.15, 0.2) is 0 Å². The molecule has 0 heterocycles. The van der Waals surface area contributed by atoms with E-state index in [-0.39, 0.29) is 9.79 Å². The van der Waals surface area contributed by atoms with E-state index in [4.69, 9.17) is 4.74 Å². The van der Waals surface area contributed by atoms with E-state index in [1.54, 1.807) is 57.2 Å². The lowest BCUT2D eigenvalue weighted by Gasteiger charge is -2.22. The van der Waals surface area contributed by atoms with Gasteiger partial charge in [-0.1, -0.05) is 52.2 Å². The molecule has 3 aromatic carbocycles. The molecule has 0 aliphatic carbocycles. The molecule has 0 unspecified atom stereocenters. The number of hydrogen-bond donors (Lipinski definition) is 1. The van der Waals surface area contributed by atoms with Crippen molar-refractivity contribution in [3.63, 3.8) is 0 Å². The summed E-state index contributed by atoms with van der Waals surface area (Å²) in [7, 11) is -8.80. The molecule has 0 aliphatic heterocycles. The first kappa shape index (κ1) is 25.4. The van der Waals surface area contributed by atoms with E-state index < -0.39 is 38.3 Å². The molecule has 0 atom stereocenters. The van der Waals surface area contributed by atoms with Gasteiger partial charge in [-0.3, -0.25) is 5.32 Å². The SMILES string of the molecule is CC(C)(C)OC(=O)Nc1ccc(CN(S(=O)(=O)c2ccccc2)S(=O)(=O)c2ccccc2)cc1. The zero-order valence-corrected chi connectivity index (χ0v) is 20.6. The molecule has 0 fully saturated rings. The molecular formula is C24H26N2O6S2. The smallest absolute Gasteiger partial charge is 0.412 e. The molecule has 1 N–H and O–H groups in total. The van der Waals surface area contributed by atoms with E-state index in [1.807, 2.05) is 0 Å². The fourth-order valence-corrected chi connectivity index (χ4v) is 6.64. The summed E-state index contributed by atoms with van der Waals surface area (Å²) >= 11 is 0. The fraction of sp³-hybridized carbons (Fsp3) is 0.208. The van der Waals surface area contributed by atoms with Gasteiger partial charge in [0.1, 0.15) is 5.60 Å². The molecule has 10 heteroatoms. The summed E-state index contributed by atoms with van der Waals surface area (Å²) in [5.74, 6) is 0. The predicted molar refractivity (Wildman–Crippen MR) is 129 cm³/mol. The molecule has 0 aromatic heterocycles. The summed E-state index contributed by atoms with van der Waals surface area (Å²) in [6.45, 7) is 4.79. The number of benzene rings is 3. The Labute approximate surface area is 200 Å². The molecule has 1 amide bonds. The highest BCUT2D eigenvalue weighted by Gasteiger charge is 2.36. The minimum absolute atomic E-state index is 0.141. The van der Waals surface area contributed by atoms with Crippen LogP contribution in [0.3, 0.4) is 0 Å². The van der Waals surface area contributed by atoms with Crippen LogP contribution in [-0.2, 0) is 31.3 Å². The number of hydrogen-bond acceptors (Lipinski definition) is 6. The second kappa shape index (κ2) is 9.96. The van der Waals surface area contributed by atoms with Crippen LogP contribution in [0.5, 0.6) is 0 Å². The summed E-state index contributed by atoms with van der Waals surface area (Å²) in [5.41, 5.74) is 0.164. The summed E-state index contributed by atoms with van der Waals surface area (Å²) in [5, 5.41) is 2.58. The Morgan fingerprint density at radius 1 is 0.765 bits per heavy atom. The molecule has 0 radical (unpaired) electrons. The number of sulfonamides is 2. The quantitative estimate of drug-likeness (QED) is 0.505. The van der Waals surface area contributed by atoms with Gasteiger partial charge in [-0.15, -0.1) is 0 Å². The van der Waals surface area contributed by atoms with Crippen molar-refractivity contribution in [2.75, 3.05) is 5.32 Å². The third-order valence-corrected chi connectivity index (χ3v) is 8.77. The monoisotopic (exact) mass is 502 g/mol. The lowest BCUT2D eigenvalue weighted by molar-refractivity contribution is 0.0636. The zero-order valence-electron chi connectivity index (χ0n) is 19.0. The van der Waals surface area contributed by atoms with Crippen molar-refractivity contribution in [3.8, 4) is 0 Å². The summed E-state index contributed by atoms with van der Waals surface area (Å²) in [4.78, 5) is 11.7. The summed E-state index contributed by atoms with van der Waals surface area (Å²) in [6.07, 6.45) is -0.639. The Hall–Kier alpha value is -3.21. The normalized spacial score (nSPS) is 12.4. The van der Waals surface area contributed by atoms with E-state index >= 15 is 0 Å². The lowest BCUT2D eigenvalue weighted by atomic mass is 10.2. The van der Waals surface area contributed by atoms with Gasteiger partial charge in [0.2, 0.25) is 0 Å². The van der Waals surface area contributed by atoms with Crippen LogP contribution < -0.4 is 5.32 Å². The second-order valence-electron chi connectivity index (χ2n) is 8.39. The molecule has 0 saturated heterocycles. The fourth-order valence-electron chi connectivity index (χ4n) is 2.98. The largest absolute Gasteiger partial charge is 0.444 e. The Kier molecular flexibility index (Phi) is 7.44. The van der Waals surface area contributed by atoms with Crippen LogP contribution >= 0.6 is 0 Å². The number of carbonyl (C=O) groups is 1. The predicted octanol–water partition coefficient (Wildman–Crippen LogP) is 4.61. The van der Waals surface area contributed by atoms with Gasteiger partial charge < -0.3 is 4.74 Å². The van der Waals surface area contributed by atoms with Crippen LogP contribution in [-0.4, -0.2) is 32.2 Å². The van der Waals surface area contributed by atoms with Gasteiger partial charge in [0.25, 0.3) is 20.0 Å². The van der Waals surface area contributed by atoms with Crippen LogP contribution in [0.1, 0.15) is 26.3 Å². The first-order valence-electron chi connectivity index (χ1n) is 10.4. The maximum atomic E-state index is 13.4. The Morgan fingerprint density at radius 3 is 1.62 bits per heavy atom. The van der Waals surface area contributed by atoms with Gasteiger partial charge in [-0.05, 0) is 62.7 Å². The van der Waals surface area contributed by atoms with Crippen molar-refractivity contribution in [3.05, 3.63) is 90.5 Å². The lowest BCUT2D eigenvalue weighted by Crippen LogP contribution is -2.36. The van der Waals surface area contributed by atoms with E-state index in [1.165, 1.54) is 48.5 Å². The van der Waals surface area contributed by atoms with E-state index in [9.17, 15) is 21.6 Å². The standard InChI is InChI=1S/C24H26N2O6S2/c1-24(2,3)32-23(27)25-20-16-14-19(15-17-20)18-26(33(28,29)21-10-6-4-7-11-21)34(30,31)22-12-8-5-9-13-22/h4-17H,18H2,1-3H3,(H,25,27). The molecule has 3 aromatic rings. The first-order chi connectivity index (χ1) is 15.9. The molecule has 180 valence electrons. The van der Waals surface area contributed by atoms with Gasteiger partial charge >= 0.3 is 6.09 Å². The van der Waals surface area contributed by atoms with Crippen LogP contribution in [0.2, 0.25) is 0 Å². The molecule has 0 aliphatic rings. The number of anilines is 1. The molecule has 0 saturated carbocycles. The number of nitrogens with one attached hydrogen (secondary N) is 1. The van der Waals surface area contributed by atoms with Crippen LogP contribution in [0.15, 0.2) is 94.7 Å². The van der Waals surface area contributed by atoms with Crippen molar-refractivity contribution in [2.45, 2.75) is 42.7 Å². The maximum absolute atomic E-state index is 13.4. The maximum Gasteiger partial charge on any atom is 0.412 e. The average molecular weight is 503 g/mol. The number of nitrogens with zero attached hydrogens (tertiary/aromatic N) is 1. The zero-order chi connectivity index (χ0) is 25.0. The third-order valence-electron chi connectivity index (χ3n) is 4.53.